The van der Waals surface area contributed by atoms with Crippen LogP contribution in [0.15, 0.2) is 48.5 Å². The fourth-order valence-corrected chi connectivity index (χ4v) is 5.95. The van der Waals surface area contributed by atoms with Crippen LogP contribution in [0.3, 0.4) is 0 Å². The molecule has 0 bridgehead atoms. The summed E-state index contributed by atoms with van der Waals surface area (Å²) < 4.78 is 5.57. The second kappa shape index (κ2) is 8.37. The molecule has 0 atom stereocenters. The van der Waals surface area contributed by atoms with Gasteiger partial charge in [-0.3, -0.25) is 10.1 Å². The van der Waals surface area contributed by atoms with Crippen LogP contribution < -0.4 is 5.32 Å². The number of amides is 2. The van der Waals surface area contributed by atoms with E-state index in [2.05, 4.69) is 17.4 Å². The van der Waals surface area contributed by atoms with Crippen molar-refractivity contribution < 1.29 is 24.2 Å². The Kier molecular flexibility index (Phi) is 5.38. The van der Waals surface area contributed by atoms with E-state index < -0.39 is 12.1 Å². The van der Waals surface area contributed by atoms with Gasteiger partial charge in [-0.25, -0.2) is 9.59 Å². The van der Waals surface area contributed by atoms with Crippen molar-refractivity contribution in [3.05, 3.63) is 75.7 Å². The maximum absolute atomic E-state index is 12.7. The predicted octanol–water partition coefficient (Wildman–Crippen LogP) is 4.71. The number of thiophene rings is 1. The van der Waals surface area contributed by atoms with Gasteiger partial charge in [0.25, 0.3) is 0 Å². The number of ether oxygens (including phenoxy) is 1. The molecule has 8 heteroatoms. The van der Waals surface area contributed by atoms with Gasteiger partial charge in [0.05, 0.1) is 12.1 Å². The van der Waals surface area contributed by atoms with Crippen molar-refractivity contribution in [2.45, 2.75) is 25.8 Å². The molecule has 0 saturated heterocycles. The Morgan fingerprint density at radius 1 is 1.09 bits per heavy atom. The van der Waals surface area contributed by atoms with Crippen LogP contribution in [0.4, 0.5) is 9.80 Å². The summed E-state index contributed by atoms with van der Waals surface area (Å²) in [5, 5.41) is 12.6. The Hall–Kier alpha value is -3.65. The summed E-state index contributed by atoms with van der Waals surface area (Å²) in [6.07, 6.45) is -0.249. The van der Waals surface area contributed by atoms with Gasteiger partial charge in [0.1, 0.15) is 11.6 Å². The summed E-state index contributed by atoms with van der Waals surface area (Å²) in [7, 11) is 0. The lowest BCUT2D eigenvalue weighted by molar-refractivity contribution is -0.129. The van der Waals surface area contributed by atoms with Crippen LogP contribution >= 0.6 is 11.3 Å². The van der Waals surface area contributed by atoms with Gasteiger partial charge >= 0.3 is 12.1 Å². The zero-order valence-corrected chi connectivity index (χ0v) is 18.8. The average Bonchev–Trinajstić information content (AvgIpc) is 3.32. The number of carbonyl (C=O) groups is 3. The molecule has 1 aliphatic carbocycles. The molecule has 3 aromatic rings. The van der Waals surface area contributed by atoms with Crippen molar-refractivity contribution in [2.75, 3.05) is 18.5 Å². The highest BCUT2D eigenvalue weighted by molar-refractivity contribution is 7.17. The molecule has 2 N–H and O–H groups in total. The van der Waals surface area contributed by atoms with E-state index in [4.69, 9.17) is 4.74 Å². The molecule has 0 unspecified atom stereocenters. The first-order valence-electron chi connectivity index (χ1n) is 10.7. The average molecular weight is 463 g/mol. The molecule has 5 rings (SSSR count). The van der Waals surface area contributed by atoms with E-state index in [1.165, 1.54) is 18.3 Å². The number of hydrogen-bond donors (Lipinski definition) is 2. The third-order valence-corrected chi connectivity index (χ3v) is 7.41. The fourth-order valence-electron chi connectivity index (χ4n) is 4.71. The Morgan fingerprint density at radius 2 is 1.73 bits per heavy atom. The molecule has 2 amide bonds. The molecule has 1 aromatic heterocycles. The molecule has 2 aromatic carbocycles. The topological polar surface area (TPSA) is 95.9 Å². The molecular weight excluding hydrogens is 440 g/mol. The first-order valence-corrected chi connectivity index (χ1v) is 11.5. The Bertz CT molecular complexity index is 1240. The fraction of sp³-hybridized carbons (Fsp3) is 0.240. The number of carbonyl (C=O) groups excluding carboxylic acids is 2. The highest BCUT2D eigenvalue weighted by Crippen LogP contribution is 2.44. The van der Waals surface area contributed by atoms with Crippen molar-refractivity contribution >= 4 is 34.3 Å². The second-order valence-corrected chi connectivity index (χ2v) is 9.26. The summed E-state index contributed by atoms with van der Waals surface area (Å²) in [5.74, 6) is -1.24. The van der Waals surface area contributed by atoms with Crippen LogP contribution in [0, 0.1) is 0 Å². The second-order valence-electron chi connectivity index (χ2n) is 8.15. The van der Waals surface area contributed by atoms with Gasteiger partial charge in [0.15, 0.2) is 0 Å². The smallest absolute Gasteiger partial charge is 0.412 e. The van der Waals surface area contributed by atoms with Gasteiger partial charge in [-0.1, -0.05) is 48.5 Å². The lowest BCUT2D eigenvalue weighted by atomic mass is 9.98. The van der Waals surface area contributed by atoms with Crippen LogP contribution in [0.25, 0.3) is 11.1 Å². The summed E-state index contributed by atoms with van der Waals surface area (Å²) in [6, 6.07) is 16.1. The summed E-state index contributed by atoms with van der Waals surface area (Å²) in [6.45, 7) is 2.45. The monoisotopic (exact) mass is 462 g/mol. The molecule has 1 aliphatic heterocycles. The molecule has 33 heavy (non-hydrogen) atoms. The minimum atomic E-state index is -1.10. The van der Waals surface area contributed by atoms with Gasteiger partial charge in [-0.05, 0) is 34.2 Å². The molecule has 2 aliphatic rings. The molecule has 0 spiro atoms. The van der Waals surface area contributed by atoms with Gasteiger partial charge in [-0.2, -0.15) is 0 Å². The highest BCUT2D eigenvalue weighted by Gasteiger charge is 2.31. The molecule has 168 valence electrons. The van der Waals surface area contributed by atoms with Gasteiger partial charge < -0.3 is 14.7 Å². The lowest BCUT2D eigenvalue weighted by Crippen LogP contribution is -2.33. The number of anilines is 1. The number of carboxylic acid groups (broad SMARTS) is 1. The number of benzene rings is 2. The van der Waals surface area contributed by atoms with E-state index in [1.807, 2.05) is 36.4 Å². The number of nitrogens with one attached hydrogen (secondary N) is 1. The van der Waals surface area contributed by atoms with E-state index >= 15 is 0 Å². The number of rotatable bonds is 4. The number of carboxylic acids is 1. The van der Waals surface area contributed by atoms with Crippen molar-refractivity contribution in [1.82, 2.24) is 4.90 Å². The van der Waals surface area contributed by atoms with Gasteiger partial charge in [0.2, 0.25) is 5.91 Å². The number of fused-ring (bicyclic) bond motifs is 4. The summed E-state index contributed by atoms with van der Waals surface area (Å²) >= 11 is 1.19. The molecule has 0 saturated carbocycles. The summed E-state index contributed by atoms with van der Waals surface area (Å²) in [5.41, 5.74) is 5.25. The van der Waals surface area contributed by atoms with Crippen molar-refractivity contribution in [3.63, 3.8) is 0 Å². The maximum Gasteiger partial charge on any atom is 0.412 e. The number of hydrogen-bond acceptors (Lipinski definition) is 5. The minimum Gasteiger partial charge on any atom is -0.478 e. The zero-order chi connectivity index (χ0) is 23.1. The van der Waals surface area contributed by atoms with Crippen LogP contribution in [0.2, 0.25) is 0 Å². The van der Waals surface area contributed by atoms with Gasteiger partial charge in [-0.15, -0.1) is 11.3 Å². The first-order chi connectivity index (χ1) is 15.9. The molecule has 0 radical (unpaired) electrons. The third kappa shape index (κ3) is 3.76. The van der Waals surface area contributed by atoms with Crippen LogP contribution in [-0.4, -0.2) is 41.1 Å². The van der Waals surface area contributed by atoms with Crippen molar-refractivity contribution in [3.8, 4) is 11.1 Å². The van der Waals surface area contributed by atoms with Crippen LogP contribution in [0.1, 0.15) is 44.8 Å². The number of nitrogens with zero attached hydrogens (tertiary/aromatic N) is 1. The molecular formula is C25H22N2O5S. The Labute approximate surface area is 194 Å². The minimum absolute atomic E-state index is 0.0584. The Balaban J connectivity index is 1.34. The van der Waals surface area contributed by atoms with Crippen LogP contribution in [0.5, 0.6) is 0 Å². The maximum atomic E-state index is 12.7. The van der Waals surface area contributed by atoms with E-state index in [0.717, 1.165) is 27.1 Å². The quantitative estimate of drug-likeness (QED) is 0.585. The highest BCUT2D eigenvalue weighted by atomic mass is 32.1. The number of aromatic carboxylic acids is 1. The third-order valence-electron chi connectivity index (χ3n) is 6.28. The van der Waals surface area contributed by atoms with E-state index in [9.17, 15) is 19.5 Å². The van der Waals surface area contributed by atoms with E-state index in [1.54, 1.807) is 4.90 Å². The molecule has 0 fully saturated rings. The van der Waals surface area contributed by atoms with Crippen molar-refractivity contribution in [1.29, 1.82) is 0 Å². The predicted molar refractivity (Wildman–Crippen MR) is 125 cm³/mol. The SMILES string of the molecule is CC(=O)N1CCc2c(sc(NC(=O)OCC3c4ccccc4-c4ccccc43)c2C(=O)O)C1. The molecule has 2 heterocycles. The standard InChI is InChI=1S/C25H22N2O5S/c1-14(28)27-11-10-19-21(12-27)33-23(22(19)24(29)30)26-25(31)32-13-20-17-8-4-2-6-15(17)16-7-3-5-9-18(16)20/h2-9,20H,10-13H2,1H3,(H,26,31)(H,29,30). The zero-order valence-electron chi connectivity index (χ0n) is 18.0. The van der Waals surface area contributed by atoms with E-state index in [0.29, 0.717) is 25.1 Å². The first kappa shape index (κ1) is 21.2. The van der Waals surface area contributed by atoms with Crippen molar-refractivity contribution in [2.24, 2.45) is 0 Å². The lowest BCUT2D eigenvalue weighted by Gasteiger charge is -2.25. The van der Waals surface area contributed by atoms with Gasteiger partial charge in [0, 0.05) is 24.3 Å². The normalized spacial score (nSPS) is 14.3. The summed E-state index contributed by atoms with van der Waals surface area (Å²) in [4.78, 5) is 38.8. The van der Waals surface area contributed by atoms with E-state index in [-0.39, 0.29) is 29.0 Å². The van der Waals surface area contributed by atoms with Crippen LogP contribution in [-0.2, 0) is 22.5 Å². The largest absolute Gasteiger partial charge is 0.478 e. The Morgan fingerprint density at radius 3 is 2.33 bits per heavy atom. The molecule has 7 nitrogen and oxygen atoms in total.